The van der Waals surface area contributed by atoms with Crippen LogP contribution >= 0.6 is 0 Å². The van der Waals surface area contributed by atoms with E-state index < -0.39 is 0 Å². The van der Waals surface area contributed by atoms with E-state index in [0.29, 0.717) is 23.8 Å². The molecule has 4 rings (SSSR count). The Balaban J connectivity index is 1.80. The summed E-state index contributed by atoms with van der Waals surface area (Å²) in [6.45, 7) is 4.55. The summed E-state index contributed by atoms with van der Waals surface area (Å²) in [4.78, 5) is 30.3. The first-order valence-electron chi connectivity index (χ1n) is 9.66. The minimum Gasteiger partial charge on any atom is -0.356 e. The molecule has 150 valence electrons. The second kappa shape index (κ2) is 7.62. The van der Waals surface area contributed by atoms with E-state index >= 15 is 0 Å². The molecule has 3 aromatic heterocycles. The van der Waals surface area contributed by atoms with Crippen LogP contribution in [0, 0.1) is 13.8 Å². The van der Waals surface area contributed by atoms with Crippen molar-refractivity contribution in [3.05, 3.63) is 53.2 Å². The molecule has 0 aliphatic carbocycles. The van der Waals surface area contributed by atoms with Gasteiger partial charge in [0.25, 0.3) is 5.91 Å². The highest BCUT2D eigenvalue weighted by molar-refractivity contribution is 5.94. The highest BCUT2D eigenvalue weighted by atomic mass is 16.5. The van der Waals surface area contributed by atoms with E-state index in [1.54, 1.807) is 30.7 Å². The molecule has 8 nitrogen and oxygen atoms in total. The SMILES string of the molecule is Cc1noc(-c2cnc(N(C)C)nc2[C@H]2CCCN2C(=O)c2cccnc2)c1C. The van der Waals surface area contributed by atoms with Crippen LogP contribution in [0.3, 0.4) is 0 Å². The summed E-state index contributed by atoms with van der Waals surface area (Å²) < 4.78 is 5.61. The Morgan fingerprint density at radius 1 is 1.28 bits per heavy atom. The van der Waals surface area contributed by atoms with Gasteiger partial charge in [0.05, 0.1) is 28.6 Å². The van der Waals surface area contributed by atoms with E-state index in [0.717, 1.165) is 35.4 Å². The molecular weight excluding hydrogens is 368 g/mol. The first kappa shape index (κ1) is 19.0. The van der Waals surface area contributed by atoms with Crippen LogP contribution in [0.4, 0.5) is 5.95 Å². The van der Waals surface area contributed by atoms with Crippen LogP contribution in [-0.4, -0.2) is 51.6 Å². The van der Waals surface area contributed by atoms with E-state index in [9.17, 15) is 4.79 Å². The molecule has 4 heterocycles. The maximum atomic E-state index is 13.2. The summed E-state index contributed by atoms with van der Waals surface area (Å²) in [5, 5.41) is 4.09. The fraction of sp³-hybridized carbons (Fsp3) is 0.381. The highest BCUT2D eigenvalue weighted by Gasteiger charge is 2.35. The van der Waals surface area contributed by atoms with Crippen molar-refractivity contribution in [3.8, 4) is 11.3 Å². The van der Waals surface area contributed by atoms with E-state index in [-0.39, 0.29) is 11.9 Å². The Labute approximate surface area is 169 Å². The van der Waals surface area contributed by atoms with E-state index in [1.807, 2.05) is 37.7 Å². The van der Waals surface area contributed by atoms with Gasteiger partial charge < -0.3 is 14.3 Å². The third-order valence-electron chi connectivity index (χ3n) is 5.35. The minimum atomic E-state index is -0.163. The Hall–Kier alpha value is -3.29. The number of nitrogens with zero attached hydrogens (tertiary/aromatic N) is 6. The van der Waals surface area contributed by atoms with Gasteiger partial charge >= 0.3 is 0 Å². The van der Waals surface area contributed by atoms with Gasteiger partial charge in [0, 0.05) is 44.8 Å². The number of rotatable bonds is 4. The number of carbonyl (C=O) groups excluding carboxylic acids is 1. The molecular formula is C21H24N6O2. The molecule has 29 heavy (non-hydrogen) atoms. The molecule has 1 amide bonds. The molecule has 0 saturated carbocycles. The standard InChI is InChI=1S/C21H24N6O2/c1-13-14(2)25-29-19(13)16-12-23-21(26(3)4)24-18(16)17-8-6-10-27(17)20(28)15-7-5-9-22-11-15/h5,7,9,11-12,17H,6,8,10H2,1-4H3/t17-/m1/s1. The first-order chi connectivity index (χ1) is 14.0. The third-order valence-corrected chi connectivity index (χ3v) is 5.35. The molecule has 1 saturated heterocycles. The zero-order chi connectivity index (χ0) is 20.5. The second-order valence-corrected chi connectivity index (χ2v) is 7.48. The van der Waals surface area contributed by atoms with E-state index in [2.05, 4.69) is 15.1 Å². The van der Waals surface area contributed by atoms with E-state index in [4.69, 9.17) is 9.51 Å². The number of pyridine rings is 1. The van der Waals surface area contributed by atoms with Gasteiger partial charge in [0.15, 0.2) is 5.76 Å². The average molecular weight is 392 g/mol. The lowest BCUT2D eigenvalue weighted by molar-refractivity contribution is 0.0732. The fourth-order valence-corrected chi connectivity index (χ4v) is 3.65. The highest BCUT2D eigenvalue weighted by Crippen LogP contribution is 2.39. The molecule has 0 radical (unpaired) electrons. The minimum absolute atomic E-state index is 0.0398. The zero-order valence-electron chi connectivity index (χ0n) is 17.1. The first-order valence-corrected chi connectivity index (χ1v) is 9.66. The molecule has 0 N–H and O–H groups in total. The summed E-state index contributed by atoms with van der Waals surface area (Å²) in [5.74, 6) is 1.21. The zero-order valence-corrected chi connectivity index (χ0v) is 17.1. The van der Waals surface area contributed by atoms with Gasteiger partial charge in [-0.3, -0.25) is 9.78 Å². The van der Waals surface area contributed by atoms with Gasteiger partial charge in [0.1, 0.15) is 0 Å². The average Bonchev–Trinajstić information content (AvgIpc) is 3.35. The van der Waals surface area contributed by atoms with Crippen LogP contribution in [0.1, 0.15) is 46.2 Å². The molecule has 3 aromatic rings. The van der Waals surface area contributed by atoms with Crippen molar-refractivity contribution in [2.45, 2.75) is 32.7 Å². The second-order valence-electron chi connectivity index (χ2n) is 7.48. The quantitative estimate of drug-likeness (QED) is 0.674. The molecule has 1 atom stereocenters. The van der Waals surface area contributed by atoms with Crippen molar-refractivity contribution in [3.63, 3.8) is 0 Å². The molecule has 0 bridgehead atoms. The topological polar surface area (TPSA) is 88.3 Å². The summed E-state index contributed by atoms with van der Waals surface area (Å²) in [7, 11) is 3.80. The monoisotopic (exact) mass is 392 g/mol. The maximum Gasteiger partial charge on any atom is 0.255 e. The van der Waals surface area contributed by atoms with Crippen LogP contribution in [0.5, 0.6) is 0 Å². The Kier molecular flexibility index (Phi) is 5.00. The number of hydrogen-bond donors (Lipinski definition) is 0. The normalized spacial score (nSPS) is 16.3. The predicted molar refractivity (Wildman–Crippen MR) is 109 cm³/mol. The number of amides is 1. The number of carbonyl (C=O) groups is 1. The molecule has 8 heteroatoms. The van der Waals surface area contributed by atoms with Crippen LogP contribution in [0.2, 0.25) is 0 Å². The summed E-state index contributed by atoms with van der Waals surface area (Å²) >= 11 is 0. The lowest BCUT2D eigenvalue weighted by Gasteiger charge is -2.26. The van der Waals surface area contributed by atoms with E-state index in [1.165, 1.54) is 0 Å². The van der Waals surface area contributed by atoms with Gasteiger partial charge in [-0.15, -0.1) is 0 Å². The van der Waals surface area contributed by atoms with Crippen molar-refractivity contribution in [1.29, 1.82) is 0 Å². The van der Waals surface area contributed by atoms with Crippen molar-refractivity contribution < 1.29 is 9.32 Å². The number of aryl methyl sites for hydroxylation is 1. The van der Waals surface area contributed by atoms with Crippen molar-refractivity contribution >= 4 is 11.9 Å². The summed E-state index contributed by atoms with van der Waals surface area (Å²) in [6.07, 6.45) is 6.78. The van der Waals surface area contributed by atoms with Gasteiger partial charge in [-0.05, 0) is 38.8 Å². The number of aromatic nitrogens is 4. The van der Waals surface area contributed by atoms with Gasteiger partial charge in [-0.25, -0.2) is 9.97 Å². The lowest BCUT2D eigenvalue weighted by Crippen LogP contribution is -2.31. The predicted octanol–water partition coefficient (Wildman–Crippen LogP) is 3.19. The van der Waals surface area contributed by atoms with Crippen LogP contribution in [0.15, 0.2) is 35.2 Å². The van der Waals surface area contributed by atoms with Gasteiger partial charge in [-0.1, -0.05) is 5.16 Å². The summed E-state index contributed by atoms with van der Waals surface area (Å²) in [5.41, 5.74) is 3.93. The van der Waals surface area contributed by atoms with Crippen molar-refractivity contribution in [2.24, 2.45) is 0 Å². The summed E-state index contributed by atoms with van der Waals surface area (Å²) in [6, 6.07) is 3.41. The Bertz CT molecular complexity index is 1030. The molecule has 0 unspecified atom stereocenters. The number of hydrogen-bond acceptors (Lipinski definition) is 7. The maximum absolute atomic E-state index is 13.2. The van der Waals surface area contributed by atoms with Crippen LogP contribution in [-0.2, 0) is 0 Å². The third kappa shape index (κ3) is 3.46. The van der Waals surface area contributed by atoms with Gasteiger partial charge in [0.2, 0.25) is 5.95 Å². The number of anilines is 1. The molecule has 1 aliphatic heterocycles. The lowest BCUT2D eigenvalue weighted by atomic mass is 10.0. The van der Waals surface area contributed by atoms with Crippen molar-refractivity contribution in [1.82, 2.24) is 25.0 Å². The molecule has 0 spiro atoms. The van der Waals surface area contributed by atoms with Crippen LogP contribution < -0.4 is 4.90 Å². The Morgan fingerprint density at radius 3 is 2.76 bits per heavy atom. The Morgan fingerprint density at radius 2 is 2.10 bits per heavy atom. The largest absolute Gasteiger partial charge is 0.356 e. The fourth-order valence-electron chi connectivity index (χ4n) is 3.65. The number of likely N-dealkylation sites (tertiary alicyclic amines) is 1. The van der Waals surface area contributed by atoms with Gasteiger partial charge in [-0.2, -0.15) is 0 Å². The molecule has 1 fully saturated rings. The van der Waals surface area contributed by atoms with Crippen molar-refractivity contribution in [2.75, 3.05) is 25.5 Å². The smallest absolute Gasteiger partial charge is 0.255 e. The molecule has 1 aliphatic rings. The molecule has 0 aromatic carbocycles. The van der Waals surface area contributed by atoms with Crippen LogP contribution in [0.25, 0.3) is 11.3 Å².